The maximum absolute atomic E-state index is 15.6. The monoisotopic (exact) mass is 654 g/mol. The maximum atomic E-state index is 15.6. The van der Waals surface area contributed by atoms with Crippen molar-refractivity contribution < 1.29 is 23.4 Å². The Bertz CT molecular complexity index is 1980. The number of hydrogen-bond acceptors (Lipinski definition) is 6. The molecule has 0 spiro atoms. The van der Waals surface area contributed by atoms with Crippen LogP contribution in [0, 0.1) is 17.6 Å². The molecular formula is C37H40F2N6O3. The van der Waals surface area contributed by atoms with E-state index in [0.29, 0.717) is 41.4 Å². The molecule has 3 aromatic carbocycles. The molecule has 1 aliphatic rings. The molecule has 0 amide bonds. The van der Waals surface area contributed by atoms with Gasteiger partial charge in [-0.05, 0) is 80.3 Å². The van der Waals surface area contributed by atoms with Crippen LogP contribution in [0.25, 0.3) is 22.3 Å². The summed E-state index contributed by atoms with van der Waals surface area (Å²) in [5.74, 6) is 5.23. The number of imidazole rings is 1. The zero-order valence-corrected chi connectivity index (χ0v) is 27.0. The summed E-state index contributed by atoms with van der Waals surface area (Å²) in [5.41, 5.74) is 10.4. The first-order chi connectivity index (χ1) is 23.0. The topological polar surface area (TPSA) is 146 Å². The number of rotatable bonds is 4. The predicted octanol–water partition coefficient (Wildman–Crippen LogP) is 7.64. The number of aryl methyl sites for hydroxylation is 1. The number of nitrogens with zero attached hydrogens (tertiary/aromatic N) is 2. The first-order valence-electron chi connectivity index (χ1n) is 16.1. The summed E-state index contributed by atoms with van der Waals surface area (Å²) in [5, 5.41) is 11.4. The molecule has 1 aliphatic heterocycles. The first-order valence-corrected chi connectivity index (χ1v) is 16.1. The number of allylic oxidation sites excluding steroid dienone is 1. The molecule has 48 heavy (non-hydrogen) atoms. The number of nitrogens with one attached hydrogen (secondary N) is 2. The number of benzene rings is 3. The van der Waals surface area contributed by atoms with Crippen molar-refractivity contribution in [1.29, 1.82) is 0 Å². The number of H-pyrrole nitrogens is 2. The van der Waals surface area contributed by atoms with Crippen LogP contribution in [0.5, 0.6) is 11.5 Å². The lowest BCUT2D eigenvalue weighted by molar-refractivity contribution is -0.136. The molecule has 6 rings (SSSR count). The number of aromatic nitrogens is 3. The van der Waals surface area contributed by atoms with Gasteiger partial charge in [0.25, 0.3) is 0 Å². The number of fused-ring (bicyclic) bond motifs is 8. The Labute approximate surface area is 277 Å². The van der Waals surface area contributed by atoms with Gasteiger partial charge in [0.2, 0.25) is 0 Å². The number of hydrogen-bond donors (Lipinski definition) is 5. The molecule has 2 atom stereocenters. The van der Waals surface area contributed by atoms with Gasteiger partial charge >= 0.3 is 5.97 Å². The minimum Gasteiger partial charge on any atom is -0.481 e. The maximum Gasteiger partial charge on any atom is 0.303 e. The number of halogens is 2. The molecular weight excluding hydrogens is 614 g/mol. The van der Waals surface area contributed by atoms with Gasteiger partial charge in [-0.15, -0.1) is 0 Å². The minimum absolute atomic E-state index is 0.0240. The number of carboxylic acid groups (broad SMARTS) is 1. The van der Waals surface area contributed by atoms with Crippen LogP contribution in [0.2, 0.25) is 0 Å². The summed E-state index contributed by atoms with van der Waals surface area (Å²) in [4.78, 5) is 22.3. The third-order valence-corrected chi connectivity index (χ3v) is 9.38. The number of aromatic amines is 2. The van der Waals surface area contributed by atoms with Crippen molar-refractivity contribution in [2.24, 2.45) is 17.5 Å². The van der Waals surface area contributed by atoms with E-state index in [4.69, 9.17) is 16.3 Å². The number of ether oxygens (including phenoxy) is 1. The third-order valence-electron chi connectivity index (χ3n) is 9.38. The van der Waals surface area contributed by atoms with Crippen molar-refractivity contribution >= 4 is 16.9 Å². The van der Waals surface area contributed by atoms with E-state index < -0.39 is 23.0 Å². The van der Waals surface area contributed by atoms with Crippen LogP contribution in [-0.2, 0) is 23.2 Å². The summed E-state index contributed by atoms with van der Waals surface area (Å²) in [6.07, 6.45) is 8.56. The number of nitrogens with two attached hydrogens (primary N) is 2. The fourth-order valence-electron chi connectivity index (χ4n) is 6.45. The zero-order chi connectivity index (χ0) is 34.0. The van der Waals surface area contributed by atoms with E-state index in [2.05, 4.69) is 28.8 Å². The summed E-state index contributed by atoms with van der Waals surface area (Å²) in [7, 11) is 0. The quantitative estimate of drug-likeness (QED) is 0.125. The van der Waals surface area contributed by atoms with Gasteiger partial charge in [-0.3, -0.25) is 4.79 Å². The average Bonchev–Trinajstić information content (AvgIpc) is 3.74. The predicted molar refractivity (Wildman–Crippen MR) is 181 cm³/mol. The van der Waals surface area contributed by atoms with Crippen molar-refractivity contribution in [1.82, 2.24) is 20.0 Å². The summed E-state index contributed by atoms with van der Waals surface area (Å²) >= 11 is 0. The largest absolute Gasteiger partial charge is 0.481 e. The molecule has 0 radical (unpaired) electrons. The fourth-order valence-corrected chi connectivity index (χ4v) is 6.45. The van der Waals surface area contributed by atoms with Crippen molar-refractivity contribution in [2.75, 3.05) is 0 Å². The molecule has 4 bridgehead atoms. The van der Waals surface area contributed by atoms with E-state index in [-0.39, 0.29) is 30.0 Å². The van der Waals surface area contributed by atoms with Crippen LogP contribution in [0.15, 0.2) is 78.9 Å². The molecule has 7 N–H and O–H groups in total. The van der Waals surface area contributed by atoms with E-state index in [1.54, 1.807) is 18.6 Å². The highest BCUT2D eigenvalue weighted by Gasteiger charge is 2.32. The van der Waals surface area contributed by atoms with Crippen molar-refractivity contribution in [2.45, 2.75) is 64.3 Å². The molecule has 0 aliphatic carbocycles. The summed E-state index contributed by atoms with van der Waals surface area (Å²) in [6.45, 7) is 4.41. The molecule has 9 nitrogen and oxygen atoms in total. The van der Waals surface area contributed by atoms with Crippen molar-refractivity contribution in [3.05, 3.63) is 113 Å². The Balaban J connectivity index is 1.45. The van der Waals surface area contributed by atoms with E-state index in [1.165, 1.54) is 29.3 Å². The molecule has 2 unspecified atom stereocenters. The van der Waals surface area contributed by atoms with E-state index in [1.807, 2.05) is 30.3 Å². The molecule has 0 saturated heterocycles. The number of carbonyl (C=O) groups is 1. The third kappa shape index (κ3) is 6.91. The van der Waals surface area contributed by atoms with Crippen LogP contribution in [0.4, 0.5) is 8.78 Å². The van der Waals surface area contributed by atoms with Gasteiger partial charge in [0.15, 0.2) is 11.6 Å². The van der Waals surface area contributed by atoms with Gasteiger partial charge in [-0.2, -0.15) is 0 Å². The zero-order valence-electron chi connectivity index (χ0n) is 27.0. The molecule has 3 heterocycles. The molecule has 11 heteroatoms. The lowest BCUT2D eigenvalue weighted by atomic mass is 9.74. The highest BCUT2D eigenvalue weighted by atomic mass is 19.1. The Morgan fingerprint density at radius 3 is 2.79 bits per heavy atom. The Kier molecular flexibility index (Phi) is 9.23. The molecule has 250 valence electrons. The van der Waals surface area contributed by atoms with E-state index >= 15 is 8.78 Å². The van der Waals surface area contributed by atoms with Gasteiger partial charge in [-0.1, -0.05) is 31.2 Å². The van der Waals surface area contributed by atoms with Gasteiger partial charge in [0.1, 0.15) is 17.4 Å². The number of aliphatic carboxylic acids is 1. The Morgan fingerprint density at radius 2 is 1.98 bits per heavy atom. The van der Waals surface area contributed by atoms with Crippen LogP contribution in [0.1, 0.15) is 68.3 Å². The molecule has 2 aromatic heterocycles. The summed E-state index contributed by atoms with van der Waals surface area (Å²) < 4.78 is 37.2. The highest BCUT2D eigenvalue weighted by molar-refractivity contribution is 5.85. The fraction of sp³-hybridized carbons (Fsp3) is 0.297. The normalized spacial score (nSPS) is 20.1. The van der Waals surface area contributed by atoms with Crippen LogP contribution >= 0.6 is 0 Å². The second kappa shape index (κ2) is 13.5. The molecule has 0 fully saturated rings. The van der Waals surface area contributed by atoms with Crippen LogP contribution in [0.3, 0.4) is 0 Å². The van der Waals surface area contributed by atoms with Gasteiger partial charge in [0.05, 0.1) is 12.1 Å². The number of hydrazine groups is 1. The number of carboxylic acids is 1. The minimum atomic E-state index is -0.853. The highest BCUT2D eigenvalue weighted by Crippen LogP contribution is 2.40. The second-order valence-corrected chi connectivity index (χ2v) is 13.0. The smallest absolute Gasteiger partial charge is 0.303 e. The average molecular weight is 655 g/mol. The van der Waals surface area contributed by atoms with E-state index in [0.717, 1.165) is 41.5 Å². The first kappa shape index (κ1) is 32.8. The van der Waals surface area contributed by atoms with E-state index in [9.17, 15) is 9.90 Å². The Hall–Kier alpha value is -5.16. The lowest BCUT2D eigenvalue weighted by Gasteiger charge is -2.31. The van der Waals surface area contributed by atoms with Gasteiger partial charge in [-0.25, -0.2) is 19.6 Å². The lowest BCUT2D eigenvalue weighted by Crippen LogP contribution is -2.26. The van der Waals surface area contributed by atoms with Gasteiger partial charge in [0, 0.05) is 64.4 Å². The SMILES string of the molecule is CC1CC/C(N)=C/N(N)Cc2c(c(F)cc3[nH]ccc23)Oc2ccc(F)c(c2)-c2ncc([nH]2)C(C)(c2cccc(CCC(=O)O)c2)CC1. The molecule has 5 aromatic rings. The second-order valence-electron chi connectivity index (χ2n) is 13.0. The van der Waals surface area contributed by atoms with Crippen LogP contribution < -0.4 is 16.3 Å². The summed E-state index contributed by atoms with van der Waals surface area (Å²) in [6, 6.07) is 15.3. The van der Waals surface area contributed by atoms with Gasteiger partial charge < -0.3 is 30.6 Å². The van der Waals surface area contributed by atoms with Crippen molar-refractivity contribution in [3.63, 3.8) is 0 Å². The standard InChI is InChI=1S/C37H40F2N6O3/c1-22-6-8-25(40)20-45(41)21-29-27-13-15-42-32(27)18-31(39)35(29)48-26-9-10-30(38)28(17-26)36-43-19-33(44-36)37(2,14-12-22)24-5-3-4-23(16-24)7-11-34(46)47/h3-5,9-10,13,15-20,22,42H,6-8,11-12,14,21,40-41H2,1-2H3,(H,43,44)(H,46,47)/b25-20-. The van der Waals surface area contributed by atoms with Crippen LogP contribution in [-0.4, -0.2) is 31.0 Å². The van der Waals surface area contributed by atoms with Crippen molar-refractivity contribution in [3.8, 4) is 22.9 Å². The molecule has 0 saturated carbocycles. The Morgan fingerprint density at radius 1 is 1.15 bits per heavy atom.